The largest absolute Gasteiger partial charge is 0.497 e. The van der Waals surface area contributed by atoms with Crippen LogP contribution in [-0.4, -0.2) is 27.2 Å². The topological polar surface area (TPSA) is 66.1 Å². The third-order valence-electron chi connectivity index (χ3n) is 5.29. The summed E-state index contributed by atoms with van der Waals surface area (Å²) < 4.78 is 22.4. The molecule has 30 heavy (non-hydrogen) atoms. The van der Waals surface area contributed by atoms with E-state index in [1.165, 1.54) is 18.2 Å². The fourth-order valence-corrected chi connectivity index (χ4v) is 3.62. The van der Waals surface area contributed by atoms with E-state index in [0.29, 0.717) is 11.3 Å². The zero-order valence-electron chi connectivity index (χ0n) is 16.8. The molecule has 0 spiro atoms. The summed E-state index contributed by atoms with van der Waals surface area (Å²) >= 11 is 0. The Morgan fingerprint density at radius 3 is 2.63 bits per heavy atom. The van der Waals surface area contributed by atoms with Crippen molar-refractivity contribution in [2.45, 2.75) is 13.5 Å². The van der Waals surface area contributed by atoms with Gasteiger partial charge in [-0.3, -0.25) is 9.59 Å². The van der Waals surface area contributed by atoms with Crippen molar-refractivity contribution in [2.75, 3.05) is 7.11 Å². The van der Waals surface area contributed by atoms with Gasteiger partial charge in [-0.15, -0.1) is 0 Å². The highest BCUT2D eigenvalue weighted by Crippen LogP contribution is 2.29. The molecule has 0 aliphatic heterocycles. The molecule has 2 heterocycles. The van der Waals surface area contributed by atoms with E-state index in [1.54, 1.807) is 25.3 Å². The molecule has 0 aliphatic rings. The third-order valence-corrected chi connectivity index (χ3v) is 5.29. The van der Waals surface area contributed by atoms with Gasteiger partial charge >= 0.3 is 0 Å². The van der Waals surface area contributed by atoms with E-state index in [-0.39, 0.29) is 23.6 Å². The van der Waals surface area contributed by atoms with E-state index in [9.17, 15) is 14.0 Å². The first-order valence-electron chi connectivity index (χ1n) is 9.40. The summed E-state index contributed by atoms with van der Waals surface area (Å²) in [6, 6.07) is 14.4. The second kappa shape index (κ2) is 7.59. The smallest absolute Gasteiger partial charge is 0.267 e. The molecule has 0 saturated heterocycles. The number of hydrogen-bond donors (Lipinski definition) is 0. The Labute approximate surface area is 172 Å². The maximum absolute atomic E-state index is 14.1. The SMILES string of the molecule is COc1ccc2c(c1)c(C(=O)Cn1nc(-c3ccccc3F)ccc1=O)c(C)n2C. The molecule has 0 radical (unpaired) electrons. The number of halogens is 1. The van der Waals surface area contributed by atoms with Crippen LogP contribution in [0.1, 0.15) is 16.1 Å². The Hall–Kier alpha value is -3.74. The molecule has 6 nitrogen and oxygen atoms in total. The van der Waals surface area contributed by atoms with Crippen LogP contribution in [-0.2, 0) is 13.6 Å². The van der Waals surface area contributed by atoms with Gasteiger partial charge in [0, 0.05) is 40.8 Å². The number of ketones is 1. The van der Waals surface area contributed by atoms with Crippen molar-refractivity contribution in [1.82, 2.24) is 14.3 Å². The minimum absolute atomic E-state index is 0.252. The summed E-state index contributed by atoms with van der Waals surface area (Å²) in [5.41, 5.74) is 2.30. The molecule has 0 saturated carbocycles. The van der Waals surface area contributed by atoms with Crippen LogP contribution >= 0.6 is 0 Å². The molecule has 0 aliphatic carbocycles. The van der Waals surface area contributed by atoms with Crippen LogP contribution < -0.4 is 10.3 Å². The summed E-state index contributed by atoms with van der Waals surface area (Å²) in [4.78, 5) is 25.5. The van der Waals surface area contributed by atoms with Gasteiger partial charge < -0.3 is 9.30 Å². The van der Waals surface area contributed by atoms with Crippen molar-refractivity contribution in [1.29, 1.82) is 0 Å². The van der Waals surface area contributed by atoms with Crippen LogP contribution in [0.2, 0.25) is 0 Å². The molecule has 152 valence electrons. The summed E-state index contributed by atoms with van der Waals surface area (Å²) in [5.74, 6) is -0.0656. The van der Waals surface area contributed by atoms with Crippen molar-refractivity contribution in [3.8, 4) is 17.0 Å². The second-order valence-electron chi connectivity index (χ2n) is 7.02. The molecule has 4 rings (SSSR count). The first-order chi connectivity index (χ1) is 14.4. The predicted octanol–water partition coefficient (Wildman–Crippen LogP) is 3.74. The van der Waals surface area contributed by atoms with E-state index < -0.39 is 11.4 Å². The molecule has 7 heteroatoms. The van der Waals surface area contributed by atoms with E-state index >= 15 is 0 Å². The summed E-state index contributed by atoms with van der Waals surface area (Å²) in [6.45, 7) is 1.60. The van der Waals surface area contributed by atoms with Crippen LogP contribution in [0, 0.1) is 12.7 Å². The highest BCUT2D eigenvalue weighted by Gasteiger charge is 2.20. The summed E-state index contributed by atoms with van der Waals surface area (Å²) in [5, 5.41) is 4.98. The predicted molar refractivity (Wildman–Crippen MR) is 112 cm³/mol. The van der Waals surface area contributed by atoms with Gasteiger partial charge in [-0.1, -0.05) is 12.1 Å². The lowest BCUT2D eigenvalue weighted by Gasteiger charge is -2.08. The molecule has 0 unspecified atom stereocenters. The van der Waals surface area contributed by atoms with Gasteiger partial charge in [-0.25, -0.2) is 9.07 Å². The number of nitrogens with zero attached hydrogens (tertiary/aromatic N) is 3. The van der Waals surface area contributed by atoms with Crippen molar-refractivity contribution in [2.24, 2.45) is 7.05 Å². The monoisotopic (exact) mass is 405 g/mol. The average molecular weight is 405 g/mol. The Morgan fingerprint density at radius 1 is 1.13 bits per heavy atom. The Bertz CT molecular complexity index is 1340. The van der Waals surface area contributed by atoms with Crippen molar-refractivity contribution >= 4 is 16.7 Å². The number of aromatic nitrogens is 3. The molecule has 0 N–H and O–H groups in total. The lowest BCUT2D eigenvalue weighted by atomic mass is 10.1. The Morgan fingerprint density at radius 2 is 1.90 bits per heavy atom. The maximum Gasteiger partial charge on any atom is 0.267 e. The number of Topliss-reactive ketones (excluding diaryl/α,β-unsaturated/α-hetero) is 1. The zero-order valence-corrected chi connectivity index (χ0v) is 16.8. The van der Waals surface area contributed by atoms with Crippen molar-refractivity contribution in [3.05, 3.63) is 82.0 Å². The quantitative estimate of drug-likeness (QED) is 0.475. The number of rotatable bonds is 5. The number of hydrogen-bond acceptors (Lipinski definition) is 4. The third kappa shape index (κ3) is 3.28. The van der Waals surface area contributed by atoms with E-state index in [0.717, 1.165) is 21.3 Å². The van der Waals surface area contributed by atoms with Gasteiger partial charge in [-0.2, -0.15) is 5.10 Å². The molecule has 2 aromatic heterocycles. The molecular formula is C23H20FN3O3. The van der Waals surface area contributed by atoms with E-state index in [1.807, 2.05) is 36.7 Å². The number of aryl methyl sites for hydroxylation is 1. The van der Waals surface area contributed by atoms with Gasteiger partial charge in [0.2, 0.25) is 0 Å². The molecule has 0 amide bonds. The number of carbonyl (C=O) groups excluding carboxylic acids is 1. The van der Waals surface area contributed by atoms with Crippen molar-refractivity contribution in [3.63, 3.8) is 0 Å². The molecule has 0 atom stereocenters. The first-order valence-corrected chi connectivity index (χ1v) is 9.40. The highest BCUT2D eigenvalue weighted by atomic mass is 19.1. The number of benzene rings is 2. The minimum Gasteiger partial charge on any atom is -0.497 e. The zero-order chi connectivity index (χ0) is 21.4. The lowest BCUT2D eigenvalue weighted by molar-refractivity contribution is 0.0966. The first kappa shape index (κ1) is 19.6. The molecule has 0 bridgehead atoms. The number of carbonyl (C=O) groups is 1. The van der Waals surface area contributed by atoms with Crippen molar-refractivity contribution < 1.29 is 13.9 Å². The molecule has 2 aromatic carbocycles. The highest BCUT2D eigenvalue weighted by molar-refractivity contribution is 6.09. The fourth-order valence-electron chi connectivity index (χ4n) is 3.62. The van der Waals surface area contributed by atoms with Gasteiger partial charge in [0.15, 0.2) is 5.78 Å². The average Bonchev–Trinajstić information content (AvgIpc) is 2.99. The van der Waals surface area contributed by atoms with Crippen LogP contribution in [0.25, 0.3) is 22.2 Å². The Balaban J connectivity index is 1.77. The molecule has 0 fully saturated rings. The standard InChI is InChI=1S/C23H20FN3O3/c1-14-23(17-12-15(30-3)8-10-20(17)26(14)2)21(28)13-27-22(29)11-9-19(25-27)16-6-4-5-7-18(16)24/h4-12H,13H2,1-3H3. The van der Waals surface area contributed by atoms with Crippen LogP contribution in [0.4, 0.5) is 4.39 Å². The molecule has 4 aromatic rings. The van der Waals surface area contributed by atoms with Crippen LogP contribution in [0.15, 0.2) is 59.4 Å². The Kier molecular flexibility index (Phi) is 4.95. The summed E-state index contributed by atoms with van der Waals surface area (Å²) in [7, 11) is 3.44. The maximum atomic E-state index is 14.1. The van der Waals surface area contributed by atoms with E-state index in [2.05, 4.69) is 5.10 Å². The number of methoxy groups -OCH3 is 1. The number of ether oxygens (including phenoxy) is 1. The normalized spacial score (nSPS) is 11.1. The second-order valence-corrected chi connectivity index (χ2v) is 7.02. The molecular weight excluding hydrogens is 385 g/mol. The van der Waals surface area contributed by atoms with Gasteiger partial charge in [0.25, 0.3) is 5.56 Å². The fraction of sp³-hybridized carbons (Fsp3) is 0.174. The van der Waals surface area contributed by atoms with Gasteiger partial charge in [-0.05, 0) is 43.3 Å². The summed E-state index contributed by atoms with van der Waals surface area (Å²) in [6.07, 6.45) is 0. The minimum atomic E-state index is -0.446. The van der Waals surface area contributed by atoms with Crippen LogP contribution in [0.5, 0.6) is 5.75 Å². The number of fused-ring (bicyclic) bond motifs is 1. The van der Waals surface area contributed by atoms with Gasteiger partial charge in [0.1, 0.15) is 18.1 Å². The van der Waals surface area contributed by atoms with E-state index in [4.69, 9.17) is 4.74 Å². The van der Waals surface area contributed by atoms with Crippen LogP contribution in [0.3, 0.4) is 0 Å². The lowest BCUT2D eigenvalue weighted by Crippen LogP contribution is -2.26. The van der Waals surface area contributed by atoms with Gasteiger partial charge in [0.05, 0.1) is 12.8 Å².